The Balaban J connectivity index is 1.95. The molecule has 30 heavy (non-hydrogen) atoms. The van der Waals surface area contributed by atoms with Gasteiger partial charge in [-0.1, -0.05) is 34.5 Å². The smallest absolute Gasteiger partial charge is 0.341 e. The van der Waals surface area contributed by atoms with Crippen LogP contribution in [0, 0.1) is 0 Å². The van der Waals surface area contributed by atoms with Crippen molar-refractivity contribution in [3.05, 3.63) is 62.4 Å². The predicted octanol–water partition coefficient (Wildman–Crippen LogP) is 5.58. The Morgan fingerprint density at radius 1 is 1.30 bits per heavy atom. The van der Waals surface area contributed by atoms with Crippen LogP contribution in [0.25, 0.3) is 6.08 Å². The molecule has 0 aromatic heterocycles. The molecule has 0 saturated carbocycles. The lowest BCUT2D eigenvalue weighted by atomic mass is 10.2. The minimum Gasteiger partial charge on any atom is -0.481 e. The van der Waals surface area contributed by atoms with E-state index in [1.54, 1.807) is 53.4 Å². The first-order valence-electron chi connectivity index (χ1n) is 9.07. The lowest BCUT2D eigenvalue weighted by Gasteiger charge is -2.14. The van der Waals surface area contributed by atoms with E-state index in [2.05, 4.69) is 20.9 Å². The molecule has 0 aliphatic carbocycles. The number of hydrogen-bond donors (Lipinski definition) is 1. The number of amides is 1. The molecule has 2 aromatic rings. The SMILES string of the molecule is CCCN1C(=O)/C(=C/c2cc(Br)ccc2OCC(=O)O)SC1=Nc1ccc(Cl)cc1. The number of amidine groups is 1. The number of carboxylic acids is 1. The summed E-state index contributed by atoms with van der Waals surface area (Å²) in [4.78, 5) is 30.6. The molecule has 1 fully saturated rings. The first kappa shape index (κ1) is 22.4. The summed E-state index contributed by atoms with van der Waals surface area (Å²) in [7, 11) is 0. The third-order valence-corrected chi connectivity index (χ3v) is 5.75. The molecule has 1 aliphatic heterocycles. The highest BCUT2D eigenvalue weighted by Crippen LogP contribution is 2.36. The van der Waals surface area contributed by atoms with Gasteiger partial charge in [0.05, 0.1) is 10.6 Å². The number of aliphatic imine (C=N–C) groups is 1. The molecule has 0 radical (unpaired) electrons. The van der Waals surface area contributed by atoms with Crippen molar-refractivity contribution < 1.29 is 19.4 Å². The summed E-state index contributed by atoms with van der Waals surface area (Å²) in [5.41, 5.74) is 1.30. The summed E-state index contributed by atoms with van der Waals surface area (Å²) in [6.07, 6.45) is 2.48. The largest absolute Gasteiger partial charge is 0.481 e. The highest BCUT2D eigenvalue weighted by atomic mass is 79.9. The number of nitrogens with zero attached hydrogens (tertiary/aromatic N) is 2. The van der Waals surface area contributed by atoms with Crippen LogP contribution in [0.4, 0.5) is 5.69 Å². The van der Waals surface area contributed by atoms with E-state index in [0.29, 0.717) is 38.6 Å². The van der Waals surface area contributed by atoms with Gasteiger partial charge in [-0.3, -0.25) is 9.69 Å². The van der Waals surface area contributed by atoms with Crippen molar-refractivity contribution in [1.82, 2.24) is 4.90 Å². The monoisotopic (exact) mass is 508 g/mol. The number of aliphatic carboxylic acids is 1. The second-order valence-corrected chi connectivity index (χ2v) is 8.66. The van der Waals surface area contributed by atoms with E-state index >= 15 is 0 Å². The number of benzene rings is 2. The third-order valence-electron chi connectivity index (χ3n) is 4.00. The van der Waals surface area contributed by atoms with E-state index in [1.807, 2.05) is 6.92 Å². The van der Waals surface area contributed by atoms with Crippen molar-refractivity contribution in [3.63, 3.8) is 0 Å². The average molecular weight is 510 g/mol. The lowest BCUT2D eigenvalue weighted by molar-refractivity contribution is -0.139. The van der Waals surface area contributed by atoms with Crippen molar-refractivity contribution in [3.8, 4) is 5.75 Å². The Morgan fingerprint density at radius 2 is 2.03 bits per heavy atom. The molecule has 0 spiro atoms. The van der Waals surface area contributed by atoms with Gasteiger partial charge in [0, 0.05) is 21.6 Å². The van der Waals surface area contributed by atoms with E-state index in [4.69, 9.17) is 21.4 Å². The Bertz CT molecular complexity index is 1020. The molecule has 2 aromatic carbocycles. The molecule has 1 amide bonds. The number of carbonyl (C=O) groups excluding carboxylic acids is 1. The standard InChI is InChI=1S/C21H18BrClN2O4S/c1-2-9-25-20(28)18(30-21(25)24-16-6-4-15(23)5-7-16)11-13-10-14(22)3-8-17(13)29-12-19(26)27/h3-8,10-11H,2,9,12H2,1H3,(H,26,27)/b18-11-,24-21?. The Kier molecular flexibility index (Phi) is 7.58. The van der Waals surface area contributed by atoms with Crippen LogP contribution in [0.1, 0.15) is 18.9 Å². The number of ether oxygens (including phenoxy) is 1. The van der Waals surface area contributed by atoms with Gasteiger partial charge in [0.1, 0.15) is 5.75 Å². The maximum atomic E-state index is 13.0. The molecule has 1 saturated heterocycles. The molecule has 6 nitrogen and oxygen atoms in total. The fourth-order valence-corrected chi connectivity index (χ4v) is 4.20. The maximum Gasteiger partial charge on any atom is 0.341 e. The molecular formula is C21H18BrClN2O4S. The van der Waals surface area contributed by atoms with Crippen LogP contribution >= 0.6 is 39.3 Å². The van der Waals surface area contributed by atoms with Gasteiger partial charge in [-0.2, -0.15) is 0 Å². The average Bonchev–Trinajstić information content (AvgIpc) is 2.98. The highest BCUT2D eigenvalue weighted by molar-refractivity contribution is 9.10. The number of carbonyl (C=O) groups is 2. The van der Waals surface area contributed by atoms with Crippen LogP contribution < -0.4 is 4.74 Å². The quantitative estimate of drug-likeness (QED) is 0.493. The van der Waals surface area contributed by atoms with E-state index in [-0.39, 0.29) is 5.91 Å². The minimum atomic E-state index is -1.07. The lowest BCUT2D eigenvalue weighted by Crippen LogP contribution is -2.29. The third kappa shape index (κ3) is 5.65. The van der Waals surface area contributed by atoms with Crippen molar-refractivity contribution in [1.29, 1.82) is 0 Å². The van der Waals surface area contributed by atoms with Crippen LogP contribution in [0.3, 0.4) is 0 Å². The molecule has 9 heteroatoms. The van der Waals surface area contributed by atoms with Crippen LogP contribution in [0.15, 0.2) is 56.8 Å². The first-order valence-corrected chi connectivity index (χ1v) is 11.1. The van der Waals surface area contributed by atoms with Gasteiger partial charge in [-0.05, 0) is 66.7 Å². The molecule has 3 rings (SSSR count). The fourth-order valence-electron chi connectivity index (χ4n) is 2.68. The fraction of sp³-hybridized carbons (Fsp3) is 0.190. The van der Waals surface area contributed by atoms with Crippen molar-refractivity contribution in [2.75, 3.05) is 13.2 Å². The van der Waals surface area contributed by atoms with Gasteiger partial charge in [0.15, 0.2) is 11.8 Å². The summed E-state index contributed by atoms with van der Waals surface area (Å²) in [6.45, 7) is 2.06. The van der Waals surface area contributed by atoms with Crippen molar-refractivity contribution in [2.45, 2.75) is 13.3 Å². The van der Waals surface area contributed by atoms with Gasteiger partial charge in [-0.25, -0.2) is 9.79 Å². The Labute approximate surface area is 191 Å². The van der Waals surface area contributed by atoms with Crippen molar-refractivity contribution in [2.24, 2.45) is 4.99 Å². The number of hydrogen-bond acceptors (Lipinski definition) is 5. The van der Waals surface area contributed by atoms with Gasteiger partial charge in [0.25, 0.3) is 5.91 Å². The maximum absolute atomic E-state index is 13.0. The zero-order valence-electron chi connectivity index (χ0n) is 16.0. The van der Waals surface area contributed by atoms with Crippen LogP contribution in [0.5, 0.6) is 5.75 Å². The second kappa shape index (κ2) is 10.1. The molecule has 1 heterocycles. The Hall–Kier alpha value is -2.29. The first-order chi connectivity index (χ1) is 14.4. The summed E-state index contributed by atoms with van der Waals surface area (Å²) in [5, 5.41) is 10.1. The summed E-state index contributed by atoms with van der Waals surface area (Å²) in [6, 6.07) is 12.3. The zero-order valence-corrected chi connectivity index (χ0v) is 19.1. The van der Waals surface area contributed by atoms with E-state index in [9.17, 15) is 9.59 Å². The van der Waals surface area contributed by atoms with Gasteiger partial charge >= 0.3 is 5.97 Å². The minimum absolute atomic E-state index is 0.154. The van der Waals surface area contributed by atoms with Crippen LogP contribution in [0.2, 0.25) is 5.02 Å². The van der Waals surface area contributed by atoms with E-state index in [0.717, 1.165) is 10.9 Å². The Morgan fingerprint density at radius 3 is 2.70 bits per heavy atom. The van der Waals surface area contributed by atoms with Gasteiger partial charge in [0.2, 0.25) is 0 Å². The number of thioether (sulfide) groups is 1. The number of halogens is 2. The van der Waals surface area contributed by atoms with E-state index in [1.165, 1.54) is 11.8 Å². The molecule has 156 valence electrons. The molecule has 0 bridgehead atoms. The normalized spacial score (nSPS) is 16.5. The molecule has 1 N–H and O–H groups in total. The van der Waals surface area contributed by atoms with Crippen molar-refractivity contribution >= 4 is 68.1 Å². The molecule has 1 aliphatic rings. The molecule has 0 atom stereocenters. The molecule has 0 unspecified atom stereocenters. The summed E-state index contributed by atoms with van der Waals surface area (Å²) in [5.74, 6) is -0.848. The number of carboxylic acid groups (broad SMARTS) is 1. The predicted molar refractivity (Wildman–Crippen MR) is 123 cm³/mol. The molecular weight excluding hydrogens is 492 g/mol. The van der Waals surface area contributed by atoms with Gasteiger partial charge in [-0.15, -0.1) is 0 Å². The van der Waals surface area contributed by atoms with Crippen LogP contribution in [-0.4, -0.2) is 40.2 Å². The summed E-state index contributed by atoms with van der Waals surface area (Å²) >= 11 is 10.6. The topological polar surface area (TPSA) is 79.2 Å². The summed E-state index contributed by atoms with van der Waals surface area (Å²) < 4.78 is 6.15. The zero-order chi connectivity index (χ0) is 21.7. The van der Waals surface area contributed by atoms with Gasteiger partial charge < -0.3 is 9.84 Å². The second-order valence-electron chi connectivity index (χ2n) is 6.30. The van der Waals surface area contributed by atoms with Crippen LogP contribution in [-0.2, 0) is 9.59 Å². The van der Waals surface area contributed by atoms with E-state index < -0.39 is 12.6 Å². The highest BCUT2D eigenvalue weighted by Gasteiger charge is 2.33. The number of rotatable bonds is 7.